The molecule has 0 saturated carbocycles. The van der Waals surface area contributed by atoms with E-state index < -0.39 is 6.04 Å². The molecule has 4 rings (SSSR count). The number of para-hydroxylation sites is 1. The average Bonchev–Trinajstić information content (AvgIpc) is 3.45. The first-order valence-corrected chi connectivity index (χ1v) is 11.0. The first-order chi connectivity index (χ1) is 13.7. The van der Waals surface area contributed by atoms with Gasteiger partial charge in [0.25, 0.3) is 0 Å². The van der Waals surface area contributed by atoms with Gasteiger partial charge < -0.3 is 14.4 Å². The molecular weight excluding hydrogens is 376 g/mol. The molecule has 0 spiro atoms. The Morgan fingerprint density at radius 2 is 2.18 bits per heavy atom. The molecule has 2 fully saturated rings. The van der Waals surface area contributed by atoms with E-state index in [1.807, 2.05) is 30.3 Å². The highest BCUT2D eigenvalue weighted by molar-refractivity contribution is 8.00. The quantitative estimate of drug-likeness (QED) is 0.740. The van der Waals surface area contributed by atoms with Crippen LogP contribution in [0.2, 0.25) is 0 Å². The van der Waals surface area contributed by atoms with Crippen LogP contribution in [0.3, 0.4) is 0 Å². The number of thioether (sulfide) groups is 1. The molecule has 0 aliphatic carbocycles. The molecule has 3 atom stereocenters. The monoisotopic (exact) mass is 402 g/mol. The number of hydrogen-bond donors (Lipinski definition) is 2. The third-order valence-electron chi connectivity index (χ3n) is 5.65. The Morgan fingerprint density at radius 1 is 1.32 bits per heavy atom. The first kappa shape index (κ1) is 19.5. The van der Waals surface area contributed by atoms with E-state index in [4.69, 9.17) is 4.42 Å². The third kappa shape index (κ3) is 3.97. The maximum atomic E-state index is 12.9. The van der Waals surface area contributed by atoms with Crippen LogP contribution >= 0.6 is 11.8 Å². The van der Waals surface area contributed by atoms with Crippen molar-refractivity contribution in [1.82, 2.24) is 10.2 Å². The number of rotatable bonds is 7. The number of Topliss-reactive ketones (excluding diaryl/α,β-unsaturated/α-hetero) is 1. The number of nitrogens with one attached hydrogen (secondary N) is 1. The van der Waals surface area contributed by atoms with Crippen LogP contribution in [-0.2, 0) is 16.0 Å². The fraction of sp³-hybridized carbons (Fsp3) is 0.524. The van der Waals surface area contributed by atoms with Crippen LogP contribution in [0.25, 0.3) is 11.0 Å². The summed E-state index contributed by atoms with van der Waals surface area (Å²) in [7, 11) is 0. The van der Waals surface area contributed by atoms with Gasteiger partial charge in [0.15, 0.2) is 0 Å². The largest absolute Gasteiger partial charge is 0.461 e. The number of aliphatic hydroxyl groups is 1. The minimum atomic E-state index is -0.476. The lowest BCUT2D eigenvalue weighted by Gasteiger charge is -2.28. The van der Waals surface area contributed by atoms with Crippen molar-refractivity contribution in [2.24, 2.45) is 0 Å². The second-order valence-electron chi connectivity index (χ2n) is 7.49. The van der Waals surface area contributed by atoms with Crippen molar-refractivity contribution in [1.29, 1.82) is 0 Å². The van der Waals surface area contributed by atoms with Gasteiger partial charge in [-0.2, -0.15) is 0 Å². The number of amides is 1. The summed E-state index contributed by atoms with van der Waals surface area (Å²) in [4.78, 5) is 27.4. The minimum Gasteiger partial charge on any atom is -0.461 e. The van der Waals surface area contributed by atoms with Crippen molar-refractivity contribution in [3.63, 3.8) is 0 Å². The number of nitrogens with zero attached hydrogens (tertiary/aromatic N) is 1. The van der Waals surface area contributed by atoms with Gasteiger partial charge in [0.1, 0.15) is 23.2 Å². The van der Waals surface area contributed by atoms with E-state index in [-0.39, 0.29) is 29.6 Å². The zero-order chi connectivity index (χ0) is 19.5. The smallest absolute Gasteiger partial charge is 0.241 e. The van der Waals surface area contributed by atoms with Gasteiger partial charge in [-0.3, -0.25) is 14.9 Å². The zero-order valence-electron chi connectivity index (χ0n) is 15.8. The Morgan fingerprint density at radius 3 is 3.00 bits per heavy atom. The van der Waals surface area contributed by atoms with E-state index in [1.165, 1.54) is 11.8 Å². The standard InChI is InChI=1S/C21H26N2O4S/c24-12-15-6-4-10-23(15)21(26)19-20(28-13-22-19)17(25)8-3-7-16-11-14-5-1-2-9-18(14)27-16/h1-2,5,9,11,15,19-20,22,24H,3-4,6-8,10,12-13H2/t15-,19-,20?/m0/s1. The van der Waals surface area contributed by atoms with Gasteiger partial charge in [-0.05, 0) is 31.4 Å². The zero-order valence-corrected chi connectivity index (χ0v) is 16.6. The molecule has 6 nitrogen and oxygen atoms in total. The number of aliphatic hydroxyl groups excluding tert-OH is 1. The van der Waals surface area contributed by atoms with Crippen molar-refractivity contribution in [2.45, 2.75) is 49.4 Å². The van der Waals surface area contributed by atoms with Crippen LogP contribution in [0.4, 0.5) is 0 Å². The summed E-state index contributed by atoms with van der Waals surface area (Å²) in [6, 6.07) is 9.33. The van der Waals surface area contributed by atoms with Gasteiger partial charge in [0, 0.05) is 30.6 Å². The van der Waals surface area contributed by atoms with E-state index in [0.717, 1.165) is 29.6 Å². The normalized spacial score (nSPS) is 24.9. The molecule has 2 aromatic rings. The predicted octanol–water partition coefficient (Wildman–Crippen LogP) is 2.34. The molecule has 2 aliphatic heterocycles. The number of fused-ring (bicyclic) bond motifs is 1. The van der Waals surface area contributed by atoms with Gasteiger partial charge in [0.05, 0.1) is 17.9 Å². The van der Waals surface area contributed by atoms with Crippen molar-refractivity contribution in [3.8, 4) is 0 Å². The number of likely N-dealkylation sites (tertiary alicyclic amines) is 1. The van der Waals surface area contributed by atoms with Crippen molar-refractivity contribution >= 4 is 34.4 Å². The molecule has 2 aliphatic rings. The number of hydrogen-bond acceptors (Lipinski definition) is 6. The average molecular weight is 403 g/mol. The number of ketones is 1. The van der Waals surface area contributed by atoms with Crippen molar-refractivity contribution in [3.05, 3.63) is 36.1 Å². The summed E-state index contributed by atoms with van der Waals surface area (Å²) >= 11 is 1.51. The van der Waals surface area contributed by atoms with E-state index in [2.05, 4.69) is 5.32 Å². The number of benzene rings is 1. The van der Waals surface area contributed by atoms with Gasteiger partial charge in [-0.1, -0.05) is 18.2 Å². The summed E-state index contributed by atoms with van der Waals surface area (Å²) in [5.74, 6) is 1.57. The van der Waals surface area contributed by atoms with Crippen LogP contribution in [0.15, 0.2) is 34.7 Å². The van der Waals surface area contributed by atoms with Gasteiger partial charge in [-0.25, -0.2) is 0 Å². The summed E-state index contributed by atoms with van der Waals surface area (Å²) in [6.45, 7) is 0.654. The Kier molecular flexibility index (Phi) is 6.04. The molecule has 0 bridgehead atoms. The summed E-state index contributed by atoms with van der Waals surface area (Å²) in [6.07, 6.45) is 3.59. The number of furan rings is 1. The van der Waals surface area contributed by atoms with Gasteiger partial charge in [0.2, 0.25) is 5.91 Å². The molecule has 1 amide bonds. The van der Waals surface area contributed by atoms with Crippen molar-refractivity contribution < 1.29 is 19.1 Å². The highest BCUT2D eigenvalue weighted by Gasteiger charge is 2.42. The lowest BCUT2D eigenvalue weighted by molar-refractivity contribution is -0.136. The van der Waals surface area contributed by atoms with Crippen LogP contribution in [0.1, 0.15) is 31.4 Å². The molecule has 3 heterocycles. The molecule has 0 radical (unpaired) electrons. The summed E-state index contributed by atoms with van der Waals surface area (Å²) in [5, 5.41) is 13.4. The molecule has 2 N–H and O–H groups in total. The van der Waals surface area contributed by atoms with Gasteiger partial charge >= 0.3 is 0 Å². The maximum Gasteiger partial charge on any atom is 0.241 e. The van der Waals surface area contributed by atoms with Crippen LogP contribution in [0.5, 0.6) is 0 Å². The lowest BCUT2D eigenvalue weighted by atomic mass is 10.0. The summed E-state index contributed by atoms with van der Waals surface area (Å²) in [5.41, 5.74) is 0.870. The predicted molar refractivity (Wildman–Crippen MR) is 109 cm³/mol. The minimum absolute atomic E-state index is 0.0122. The van der Waals surface area contributed by atoms with E-state index >= 15 is 0 Å². The summed E-state index contributed by atoms with van der Waals surface area (Å²) < 4.78 is 5.81. The molecule has 1 aromatic carbocycles. The molecule has 150 valence electrons. The number of carbonyl (C=O) groups is 2. The molecule has 1 aromatic heterocycles. The Labute approximate surface area is 168 Å². The molecule has 2 saturated heterocycles. The molecule has 28 heavy (non-hydrogen) atoms. The molecule has 1 unspecified atom stereocenters. The molecule has 7 heteroatoms. The highest BCUT2D eigenvalue weighted by atomic mass is 32.2. The SMILES string of the molecule is O=C(CCCc1cc2ccccc2o1)C1SCN[C@@H]1C(=O)N1CCC[C@H]1CO. The number of carbonyl (C=O) groups excluding carboxylic acids is 2. The first-order valence-electron chi connectivity index (χ1n) is 9.94. The fourth-order valence-corrected chi connectivity index (χ4v) is 5.32. The Hall–Kier alpha value is -1.83. The molecular formula is C21H26N2O4S. The van der Waals surface area contributed by atoms with Gasteiger partial charge in [-0.15, -0.1) is 11.8 Å². The second-order valence-corrected chi connectivity index (χ2v) is 8.62. The van der Waals surface area contributed by atoms with Crippen molar-refractivity contribution in [2.75, 3.05) is 19.0 Å². The highest BCUT2D eigenvalue weighted by Crippen LogP contribution is 2.28. The Balaban J connectivity index is 1.32. The second kappa shape index (κ2) is 8.68. The lowest BCUT2D eigenvalue weighted by Crippen LogP contribution is -2.51. The Bertz CT molecular complexity index is 819. The van der Waals surface area contributed by atoms with Crippen LogP contribution in [-0.4, -0.2) is 58.1 Å². The number of aryl methyl sites for hydroxylation is 1. The maximum absolute atomic E-state index is 12.9. The third-order valence-corrected chi connectivity index (χ3v) is 6.87. The van der Waals surface area contributed by atoms with Crippen LogP contribution < -0.4 is 5.32 Å². The fourth-order valence-electron chi connectivity index (χ4n) is 4.16. The topological polar surface area (TPSA) is 82.8 Å². The van der Waals surface area contributed by atoms with E-state index in [0.29, 0.717) is 31.7 Å². The van der Waals surface area contributed by atoms with Crippen LogP contribution in [0, 0.1) is 0 Å². The van der Waals surface area contributed by atoms with E-state index in [9.17, 15) is 14.7 Å². The van der Waals surface area contributed by atoms with E-state index in [1.54, 1.807) is 4.90 Å².